The molecule has 0 fully saturated rings. The molecule has 0 saturated heterocycles. The van der Waals surface area contributed by atoms with Gasteiger partial charge < -0.3 is 10.2 Å². The van der Waals surface area contributed by atoms with Gasteiger partial charge in [-0.15, -0.1) is 0 Å². The molecule has 0 heterocycles. The Balaban J connectivity index is 1.91. The van der Waals surface area contributed by atoms with Gasteiger partial charge in [0.2, 0.25) is 21.8 Å². The Morgan fingerprint density at radius 2 is 1.57 bits per heavy atom. The van der Waals surface area contributed by atoms with Gasteiger partial charge >= 0.3 is 0 Å². The van der Waals surface area contributed by atoms with Crippen LogP contribution >= 0.6 is 34.8 Å². The van der Waals surface area contributed by atoms with E-state index >= 15 is 0 Å². The third-order valence-corrected chi connectivity index (χ3v) is 9.06. The van der Waals surface area contributed by atoms with E-state index in [4.69, 9.17) is 34.8 Å². The number of hydrogen-bond donors (Lipinski definition) is 1. The van der Waals surface area contributed by atoms with Gasteiger partial charge in [0, 0.05) is 37.0 Å². The first-order chi connectivity index (χ1) is 19.9. The van der Waals surface area contributed by atoms with Gasteiger partial charge in [0.25, 0.3) is 0 Å². The average Bonchev–Trinajstić information content (AvgIpc) is 2.95. The number of carbonyl (C=O) groups excluding carboxylic acids is 2. The Labute approximate surface area is 263 Å². The molecular formula is C31H36Cl3N3O4S. The van der Waals surface area contributed by atoms with Crippen LogP contribution in [-0.4, -0.2) is 50.0 Å². The van der Waals surface area contributed by atoms with E-state index in [1.165, 1.54) is 4.31 Å². The largest absolute Gasteiger partial charge is 0.352 e. The molecule has 3 aromatic rings. The van der Waals surface area contributed by atoms with E-state index in [0.29, 0.717) is 32.7 Å². The number of anilines is 1. The van der Waals surface area contributed by atoms with E-state index in [2.05, 4.69) is 5.32 Å². The molecule has 0 saturated carbocycles. The van der Waals surface area contributed by atoms with Crippen molar-refractivity contribution in [2.24, 2.45) is 0 Å². The van der Waals surface area contributed by atoms with E-state index in [0.717, 1.165) is 18.2 Å². The van der Waals surface area contributed by atoms with Gasteiger partial charge in [-0.2, -0.15) is 0 Å². The lowest BCUT2D eigenvalue weighted by molar-refractivity contribution is -0.141. The minimum atomic E-state index is -3.62. The highest BCUT2D eigenvalue weighted by molar-refractivity contribution is 7.92. The SMILES string of the molecule is CC[C@H](C)NC(=O)[C@@H](Cc1ccccc1)N(Cc1ccc(Cl)c(Cl)c1)C(=O)CCCN(c1ccc(Cl)cc1)S(C)(=O)=O. The van der Waals surface area contributed by atoms with Gasteiger partial charge in [-0.25, -0.2) is 8.42 Å². The number of nitrogens with one attached hydrogen (secondary N) is 1. The Morgan fingerprint density at radius 1 is 0.905 bits per heavy atom. The second-order valence-corrected chi connectivity index (χ2v) is 13.4. The van der Waals surface area contributed by atoms with Gasteiger partial charge in [-0.3, -0.25) is 13.9 Å². The number of nitrogens with zero attached hydrogens (tertiary/aromatic N) is 2. The van der Waals surface area contributed by atoms with Crippen molar-refractivity contribution >= 4 is 62.3 Å². The number of sulfonamides is 1. The number of benzene rings is 3. The van der Waals surface area contributed by atoms with Crippen LogP contribution in [0.4, 0.5) is 5.69 Å². The number of hydrogen-bond acceptors (Lipinski definition) is 4. The predicted octanol–water partition coefficient (Wildman–Crippen LogP) is 6.75. The fourth-order valence-electron chi connectivity index (χ4n) is 4.44. The molecule has 0 aliphatic carbocycles. The molecule has 226 valence electrons. The fourth-order valence-corrected chi connectivity index (χ4v) is 5.85. The van der Waals surface area contributed by atoms with Crippen molar-refractivity contribution in [2.45, 2.75) is 58.2 Å². The minimum absolute atomic E-state index is 0.0167. The van der Waals surface area contributed by atoms with Crippen molar-refractivity contribution in [1.82, 2.24) is 10.2 Å². The molecule has 2 amide bonds. The lowest BCUT2D eigenvalue weighted by Gasteiger charge is -2.33. The molecule has 42 heavy (non-hydrogen) atoms. The van der Waals surface area contributed by atoms with E-state index < -0.39 is 16.1 Å². The summed E-state index contributed by atoms with van der Waals surface area (Å²) in [6, 6.07) is 20.2. The zero-order chi connectivity index (χ0) is 30.9. The van der Waals surface area contributed by atoms with E-state index in [-0.39, 0.29) is 43.8 Å². The second-order valence-electron chi connectivity index (χ2n) is 10.2. The van der Waals surface area contributed by atoms with E-state index in [1.54, 1.807) is 47.4 Å². The molecular weight excluding hydrogens is 617 g/mol. The van der Waals surface area contributed by atoms with Crippen LogP contribution in [0.5, 0.6) is 0 Å². The average molecular weight is 653 g/mol. The first kappa shape index (κ1) is 33.7. The molecule has 0 bridgehead atoms. The Bertz CT molecular complexity index is 1450. The Hall–Kier alpha value is -2.78. The van der Waals surface area contributed by atoms with Gasteiger partial charge in [-0.05, 0) is 67.3 Å². The van der Waals surface area contributed by atoms with Crippen molar-refractivity contribution in [3.63, 3.8) is 0 Å². The maximum Gasteiger partial charge on any atom is 0.243 e. The second kappa shape index (κ2) is 15.6. The first-order valence-corrected chi connectivity index (χ1v) is 16.7. The fraction of sp³-hybridized carbons (Fsp3) is 0.355. The van der Waals surface area contributed by atoms with E-state index in [1.807, 2.05) is 44.2 Å². The molecule has 0 aliphatic heterocycles. The van der Waals surface area contributed by atoms with Gasteiger partial charge in [0.15, 0.2) is 0 Å². The van der Waals surface area contributed by atoms with Crippen LogP contribution in [0.3, 0.4) is 0 Å². The highest BCUT2D eigenvalue weighted by Crippen LogP contribution is 2.25. The predicted molar refractivity (Wildman–Crippen MR) is 172 cm³/mol. The highest BCUT2D eigenvalue weighted by atomic mass is 35.5. The number of halogens is 3. The van der Waals surface area contributed by atoms with Crippen molar-refractivity contribution in [1.29, 1.82) is 0 Å². The smallest absolute Gasteiger partial charge is 0.243 e. The zero-order valence-electron chi connectivity index (χ0n) is 23.9. The maximum atomic E-state index is 13.9. The molecule has 11 heteroatoms. The molecule has 3 rings (SSSR count). The summed E-state index contributed by atoms with van der Waals surface area (Å²) in [6.07, 6.45) is 2.41. The van der Waals surface area contributed by atoms with Crippen molar-refractivity contribution < 1.29 is 18.0 Å². The van der Waals surface area contributed by atoms with Crippen LogP contribution in [-0.2, 0) is 32.6 Å². The molecule has 1 N–H and O–H groups in total. The summed E-state index contributed by atoms with van der Waals surface area (Å²) in [5.74, 6) is -0.550. The lowest BCUT2D eigenvalue weighted by atomic mass is 10.0. The quantitative estimate of drug-likeness (QED) is 0.209. The molecule has 0 spiro atoms. The molecule has 0 unspecified atom stereocenters. The summed E-state index contributed by atoms with van der Waals surface area (Å²) >= 11 is 18.4. The summed E-state index contributed by atoms with van der Waals surface area (Å²) in [5.41, 5.74) is 2.07. The monoisotopic (exact) mass is 651 g/mol. The third kappa shape index (κ3) is 9.90. The van der Waals surface area contributed by atoms with Crippen LogP contribution in [0, 0.1) is 0 Å². The van der Waals surface area contributed by atoms with Crippen LogP contribution in [0.2, 0.25) is 15.1 Å². The van der Waals surface area contributed by atoms with Gasteiger partial charge in [0.05, 0.1) is 22.0 Å². The van der Waals surface area contributed by atoms with Crippen LogP contribution in [0.1, 0.15) is 44.2 Å². The van der Waals surface area contributed by atoms with E-state index in [9.17, 15) is 18.0 Å². The highest BCUT2D eigenvalue weighted by Gasteiger charge is 2.31. The lowest BCUT2D eigenvalue weighted by Crippen LogP contribution is -2.52. The molecule has 0 radical (unpaired) electrons. The molecule has 7 nitrogen and oxygen atoms in total. The van der Waals surface area contributed by atoms with Crippen LogP contribution in [0.25, 0.3) is 0 Å². The van der Waals surface area contributed by atoms with Crippen molar-refractivity contribution in [2.75, 3.05) is 17.1 Å². The third-order valence-electron chi connectivity index (χ3n) is 6.88. The first-order valence-electron chi connectivity index (χ1n) is 13.7. The summed E-state index contributed by atoms with van der Waals surface area (Å²) in [6.45, 7) is 4.09. The van der Waals surface area contributed by atoms with Crippen LogP contribution < -0.4 is 9.62 Å². The zero-order valence-corrected chi connectivity index (χ0v) is 27.0. The standard InChI is InChI=1S/C31H36Cl3N3O4S/c1-4-22(2)35-31(39)29(20-23-9-6-5-7-10-23)36(21-24-12-17-27(33)28(34)19-24)30(38)11-8-18-37(42(3,40)41)26-15-13-25(32)14-16-26/h5-7,9-10,12-17,19,22,29H,4,8,11,18,20-21H2,1-3H3,(H,35,39)/t22-,29+/m0/s1. The normalized spacial score (nSPS) is 12.8. The summed E-state index contributed by atoms with van der Waals surface area (Å²) < 4.78 is 26.4. The van der Waals surface area contributed by atoms with Crippen molar-refractivity contribution in [3.05, 3.63) is 99.0 Å². The minimum Gasteiger partial charge on any atom is -0.352 e. The molecule has 0 aromatic heterocycles. The number of amides is 2. The Kier molecular flexibility index (Phi) is 12.5. The van der Waals surface area contributed by atoms with Gasteiger partial charge in [-0.1, -0.05) is 78.1 Å². The Morgan fingerprint density at radius 3 is 2.17 bits per heavy atom. The van der Waals surface area contributed by atoms with Crippen molar-refractivity contribution in [3.8, 4) is 0 Å². The summed E-state index contributed by atoms with van der Waals surface area (Å²) in [5, 5.41) is 4.25. The number of carbonyl (C=O) groups is 2. The number of rotatable bonds is 14. The van der Waals surface area contributed by atoms with Gasteiger partial charge in [0.1, 0.15) is 6.04 Å². The molecule has 0 aliphatic rings. The summed E-state index contributed by atoms with van der Waals surface area (Å²) in [7, 11) is -3.62. The summed E-state index contributed by atoms with van der Waals surface area (Å²) in [4.78, 5) is 29.1. The van der Waals surface area contributed by atoms with Crippen LogP contribution in [0.15, 0.2) is 72.8 Å². The molecule has 3 aromatic carbocycles. The maximum absolute atomic E-state index is 13.9. The topological polar surface area (TPSA) is 86.8 Å². The molecule has 2 atom stereocenters.